The summed E-state index contributed by atoms with van der Waals surface area (Å²) in [6.45, 7) is 6.48. The van der Waals surface area contributed by atoms with E-state index in [1.54, 1.807) is 6.20 Å². The topological polar surface area (TPSA) is 80.5 Å². The Kier molecular flexibility index (Phi) is 4.66. The molecule has 0 saturated carbocycles. The van der Waals surface area contributed by atoms with E-state index < -0.39 is 0 Å². The number of hydrogen-bond donors (Lipinski definition) is 2. The molecule has 2 aromatic heterocycles. The summed E-state index contributed by atoms with van der Waals surface area (Å²) in [4.78, 5) is 8.70. The average molecular weight is 261 g/mol. The minimum Gasteiger partial charge on any atom is -0.370 e. The highest BCUT2D eigenvalue weighted by Gasteiger charge is 2.00. The Morgan fingerprint density at radius 3 is 2.89 bits per heavy atom. The van der Waals surface area contributed by atoms with E-state index in [0.717, 1.165) is 37.6 Å². The van der Waals surface area contributed by atoms with E-state index in [1.807, 2.05) is 30.8 Å². The van der Waals surface area contributed by atoms with Crippen LogP contribution >= 0.6 is 0 Å². The van der Waals surface area contributed by atoms with Gasteiger partial charge in [-0.2, -0.15) is 4.98 Å². The van der Waals surface area contributed by atoms with Crippen LogP contribution in [-0.4, -0.2) is 38.1 Å². The van der Waals surface area contributed by atoms with Crippen LogP contribution in [0.25, 0.3) is 0 Å². The van der Waals surface area contributed by atoms with Crippen LogP contribution in [0.4, 0.5) is 11.8 Å². The zero-order chi connectivity index (χ0) is 13.5. The number of rotatable bonds is 7. The Labute approximate surface area is 112 Å². The third-order valence-corrected chi connectivity index (χ3v) is 2.53. The van der Waals surface area contributed by atoms with E-state index in [1.165, 1.54) is 0 Å². The fourth-order valence-corrected chi connectivity index (χ4v) is 1.71. The van der Waals surface area contributed by atoms with Crippen molar-refractivity contribution in [3.05, 3.63) is 24.2 Å². The van der Waals surface area contributed by atoms with Crippen LogP contribution in [0.15, 0.2) is 18.5 Å². The second-order valence-corrected chi connectivity index (χ2v) is 4.19. The molecule has 102 valence electrons. The molecule has 0 aliphatic carbocycles. The normalized spacial score (nSPS) is 10.4. The molecule has 2 N–H and O–H groups in total. The standard InChI is InChI=1S/C12H19N7/c1-3-13-12-16-10(2)9-11(17-12)14-5-4-7-19-8-6-15-18-19/h6,8-9H,3-5,7H2,1-2H3,(H2,13,14,16,17). The van der Waals surface area contributed by atoms with Crippen molar-refractivity contribution in [1.29, 1.82) is 0 Å². The van der Waals surface area contributed by atoms with Crippen LogP contribution in [0.3, 0.4) is 0 Å². The molecule has 2 aromatic rings. The highest BCUT2D eigenvalue weighted by atomic mass is 15.4. The fourth-order valence-electron chi connectivity index (χ4n) is 1.71. The van der Waals surface area contributed by atoms with Crippen molar-refractivity contribution in [3.63, 3.8) is 0 Å². The van der Waals surface area contributed by atoms with E-state index in [2.05, 4.69) is 30.9 Å². The molecule has 0 atom stereocenters. The lowest BCUT2D eigenvalue weighted by molar-refractivity contribution is 0.569. The van der Waals surface area contributed by atoms with Crippen molar-refractivity contribution in [2.45, 2.75) is 26.8 Å². The van der Waals surface area contributed by atoms with Crippen LogP contribution in [-0.2, 0) is 6.54 Å². The van der Waals surface area contributed by atoms with Gasteiger partial charge in [0.15, 0.2) is 0 Å². The van der Waals surface area contributed by atoms with Gasteiger partial charge in [0.1, 0.15) is 5.82 Å². The molecule has 0 aliphatic rings. The third-order valence-electron chi connectivity index (χ3n) is 2.53. The molecule has 2 heterocycles. The maximum absolute atomic E-state index is 4.39. The monoisotopic (exact) mass is 261 g/mol. The molecule has 0 spiro atoms. The summed E-state index contributed by atoms with van der Waals surface area (Å²) < 4.78 is 1.82. The number of aryl methyl sites for hydroxylation is 2. The first-order valence-corrected chi connectivity index (χ1v) is 6.45. The van der Waals surface area contributed by atoms with Gasteiger partial charge < -0.3 is 10.6 Å². The molecule has 7 heteroatoms. The van der Waals surface area contributed by atoms with Crippen molar-refractivity contribution in [1.82, 2.24) is 25.0 Å². The van der Waals surface area contributed by atoms with Crippen LogP contribution in [0.1, 0.15) is 19.0 Å². The molecule has 0 bridgehead atoms. The second kappa shape index (κ2) is 6.67. The molecule has 0 unspecified atom stereocenters. The highest BCUT2D eigenvalue weighted by molar-refractivity contribution is 5.41. The van der Waals surface area contributed by atoms with Gasteiger partial charge in [-0.3, -0.25) is 4.68 Å². The Balaban J connectivity index is 1.81. The van der Waals surface area contributed by atoms with Gasteiger partial charge in [0.2, 0.25) is 5.95 Å². The maximum Gasteiger partial charge on any atom is 0.224 e. The fraction of sp³-hybridized carbons (Fsp3) is 0.500. The lowest BCUT2D eigenvalue weighted by Crippen LogP contribution is -2.10. The average Bonchev–Trinajstić information content (AvgIpc) is 2.87. The summed E-state index contributed by atoms with van der Waals surface area (Å²) >= 11 is 0. The van der Waals surface area contributed by atoms with Crippen molar-refractivity contribution in [2.75, 3.05) is 23.7 Å². The minimum atomic E-state index is 0.668. The molecular formula is C12H19N7. The molecule has 0 aromatic carbocycles. The molecule has 7 nitrogen and oxygen atoms in total. The number of aromatic nitrogens is 5. The molecule has 0 radical (unpaired) electrons. The Bertz CT molecular complexity index is 495. The van der Waals surface area contributed by atoms with E-state index in [4.69, 9.17) is 0 Å². The zero-order valence-corrected chi connectivity index (χ0v) is 11.3. The first kappa shape index (κ1) is 13.3. The quantitative estimate of drug-likeness (QED) is 0.731. The number of anilines is 2. The maximum atomic E-state index is 4.39. The van der Waals surface area contributed by atoms with Gasteiger partial charge in [-0.25, -0.2) is 4.98 Å². The van der Waals surface area contributed by atoms with Crippen LogP contribution in [0.5, 0.6) is 0 Å². The van der Waals surface area contributed by atoms with E-state index in [-0.39, 0.29) is 0 Å². The predicted molar refractivity (Wildman–Crippen MR) is 74.1 cm³/mol. The molecule has 0 saturated heterocycles. The molecule has 0 fully saturated rings. The van der Waals surface area contributed by atoms with Crippen LogP contribution < -0.4 is 10.6 Å². The third kappa shape index (κ3) is 4.20. The van der Waals surface area contributed by atoms with Gasteiger partial charge in [0.05, 0.1) is 6.20 Å². The summed E-state index contributed by atoms with van der Waals surface area (Å²) in [7, 11) is 0. The van der Waals surface area contributed by atoms with Crippen molar-refractivity contribution in [3.8, 4) is 0 Å². The summed E-state index contributed by atoms with van der Waals surface area (Å²) in [6.07, 6.45) is 4.50. The number of hydrogen-bond acceptors (Lipinski definition) is 6. The van der Waals surface area contributed by atoms with Crippen LogP contribution in [0, 0.1) is 6.92 Å². The second-order valence-electron chi connectivity index (χ2n) is 4.19. The van der Waals surface area contributed by atoms with Gasteiger partial charge in [-0.05, 0) is 20.3 Å². The molecule has 19 heavy (non-hydrogen) atoms. The van der Waals surface area contributed by atoms with Crippen molar-refractivity contribution >= 4 is 11.8 Å². The Hall–Kier alpha value is -2.18. The summed E-state index contributed by atoms with van der Waals surface area (Å²) in [6, 6.07) is 1.94. The number of nitrogens with zero attached hydrogens (tertiary/aromatic N) is 5. The smallest absolute Gasteiger partial charge is 0.224 e. The molecular weight excluding hydrogens is 242 g/mol. The highest BCUT2D eigenvalue weighted by Crippen LogP contribution is 2.09. The molecule has 2 rings (SSSR count). The van der Waals surface area contributed by atoms with Gasteiger partial charge in [-0.1, -0.05) is 5.21 Å². The Morgan fingerprint density at radius 1 is 1.26 bits per heavy atom. The van der Waals surface area contributed by atoms with Crippen molar-refractivity contribution in [2.24, 2.45) is 0 Å². The van der Waals surface area contributed by atoms with E-state index in [0.29, 0.717) is 5.95 Å². The van der Waals surface area contributed by atoms with E-state index in [9.17, 15) is 0 Å². The SMILES string of the molecule is CCNc1nc(C)cc(NCCCn2ccnn2)n1. The minimum absolute atomic E-state index is 0.668. The first-order chi connectivity index (χ1) is 9.28. The van der Waals surface area contributed by atoms with Crippen LogP contribution in [0.2, 0.25) is 0 Å². The number of nitrogens with one attached hydrogen (secondary N) is 2. The van der Waals surface area contributed by atoms with Gasteiger partial charge in [0, 0.05) is 37.6 Å². The summed E-state index contributed by atoms with van der Waals surface area (Å²) in [5.74, 6) is 1.52. The lowest BCUT2D eigenvalue weighted by atomic mass is 10.4. The first-order valence-electron chi connectivity index (χ1n) is 6.45. The zero-order valence-electron chi connectivity index (χ0n) is 11.3. The predicted octanol–water partition coefficient (Wildman–Crippen LogP) is 1.31. The lowest BCUT2D eigenvalue weighted by Gasteiger charge is -2.08. The van der Waals surface area contributed by atoms with Crippen molar-refractivity contribution < 1.29 is 0 Å². The molecule has 0 amide bonds. The molecule has 0 aliphatic heterocycles. The summed E-state index contributed by atoms with van der Waals surface area (Å²) in [5, 5.41) is 14.1. The Morgan fingerprint density at radius 2 is 2.16 bits per heavy atom. The van der Waals surface area contributed by atoms with Gasteiger partial charge in [0.25, 0.3) is 0 Å². The summed E-state index contributed by atoms with van der Waals surface area (Å²) in [5.41, 5.74) is 0.949. The largest absolute Gasteiger partial charge is 0.370 e. The van der Waals surface area contributed by atoms with Gasteiger partial charge in [-0.15, -0.1) is 5.10 Å². The van der Waals surface area contributed by atoms with E-state index >= 15 is 0 Å². The van der Waals surface area contributed by atoms with Gasteiger partial charge >= 0.3 is 0 Å².